The molecule has 1 aliphatic rings. The monoisotopic (exact) mass is 234 g/mol. The van der Waals surface area contributed by atoms with Gasteiger partial charge in [0.1, 0.15) is 11.1 Å². The molecule has 0 radical (unpaired) electrons. The molecule has 2 aromatic rings. The van der Waals surface area contributed by atoms with Crippen molar-refractivity contribution in [3.8, 4) is 0 Å². The fourth-order valence-corrected chi connectivity index (χ4v) is 3.06. The van der Waals surface area contributed by atoms with Crippen molar-refractivity contribution in [1.29, 1.82) is 0 Å². The average molecular weight is 234 g/mol. The van der Waals surface area contributed by atoms with E-state index in [1.54, 1.807) is 11.3 Å². The van der Waals surface area contributed by atoms with E-state index in [4.69, 9.17) is 4.74 Å². The van der Waals surface area contributed by atoms with Crippen molar-refractivity contribution in [2.45, 2.75) is 13.0 Å². The maximum absolute atomic E-state index is 5.72. The van der Waals surface area contributed by atoms with Crippen LogP contribution in [0.15, 0.2) is 18.2 Å². The quantitative estimate of drug-likeness (QED) is 0.822. The Labute approximate surface area is 98.5 Å². The maximum Gasteiger partial charge on any atom is 0.124 e. The third-order valence-electron chi connectivity index (χ3n) is 2.84. The van der Waals surface area contributed by atoms with E-state index in [9.17, 15) is 0 Å². The van der Waals surface area contributed by atoms with E-state index in [-0.39, 0.29) is 6.10 Å². The van der Waals surface area contributed by atoms with Gasteiger partial charge in [0, 0.05) is 13.1 Å². The topological polar surface area (TPSA) is 34.1 Å². The number of benzene rings is 1. The highest BCUT2D eigenvalue weighted by molar-refractivity contribution is 7.18. The molecule has 0 bridgehead atoms. The number of thiazole rings is 1. The van der Waals surface area contributed by atoms with E-state index >= 15 is 0 Å². The molecule has 1 unspecified atom stereocenters. The van der Waals surface area contributed by atoms with Crippen molar-refractivity contribution >= 4 is 21.6 Å². The van der Waals surface area contributed by atoms with Crippen LogP contribution in [0.3, 0.4) is 0 Å². The van der Waals surface area contributed by atoms with Gasteiger partial charge in [0.2, 0.25) is 0 Å². The number of ether oxygens (including phenoxy) is 1. The average Bonchev–Trinajstić information content (AvgIpc) is 2.76. The fourth-order valence-electron chi connectivity index (χ4n) is 1.97. The molecule has 0 aliphatic carbocycles. The highest BCUT2D eigenvalue weighted by Gasteiger charge is 2.19. The minimum atomic E-state index is 0.130. The summed E-state index contributed by atoms with van der Waals surface area (Å²) < 4.78 is 6.97. The minimum Gasteiger partial charge on any atom is -0.368 e. The SMILES string of the molecule is Cc1cccc2sc(C3CNCCO3)nc12. The lowest BCUT2D eigenvalue weighted by Crippen LogP contribution is -2.33. The third kappa shape index (κ3) is 1.73. The van der Waals surface area contributed by atoms with Crippen LogP contribution in [0.5, 0.6) is 0 Å². The molecule has 1 N–H and O–H groups in total. The molecule has 1 aromatic carbocycles. The normalized spacial score (nSPS) is 21.4. The molecule has 1 saturated heterocycles. The van der Waals surface area contributed by atoms with Gasteiger partial charge in [-0.25, -0.2) is 4.98 Å². The number of nitrogens with zero attached hydrogens (tertiary/aromatic N) is 1. The molecule has 1 atom stereocenters. The second-order valence-electron chi connectivity index (χ2n) is 4.04. The standard InChI is InChI=1S/C12H14N2OS/c1-8-3-2-4-10-11(8)14-12(16-10)9-7-13-5-6-15-9/h2-4,9,13H,5-7H2,1H3. The summed E-state index contributed by atoms with van der Waals surface area (Å²) in [4.78, 5) is 4.69. The lowest BCUT2D eigenvalue weighted by Gasteiger charge is -2.21. The molecule has 0 amide bonds. The third-order valence-corrected chi connectivity index (χ3v) is 3.95. The summed E-state index contributed by atoms with van der Waals surface area (Å²) in [6.07, 6.45) is 0.130. The number of aryl methyl sites for hydroxylation is 1. The van der Waals surface area contributed by atoms with E-state index in [0.717, 1.165) is 30.2 Å². The number of aromatic nitrogens is 1. The summed E-state index contributed by atoms with van der Waals surface area (Å²) in [6.45, 7) is 4.70. The van der Waals surface area contributed by atoms with Crippen molar-refractivity contribution in [3.05, 3.63) is 28.8 Å². The first-order chi connectivity index (χ1) is 7.84. The van der Waals surface area contributed by atoms with Gasteiger partial charge < -0.3 is 10.1 Å². The molecular formula is C12H14N2OS. The Morgan fingerprint density at radius 2 is 2.44 bits per heavy atom. The Bertz CT molecular complexity index is 503. The van der Waals surface area contributed by atoms with Crippen LogP contribution in [0.4, 0.5) is 0 Å². The summed E-state index contributed by atoms with van der Waals surface area (Å²) in [6, 6.07) is 6.31. The molecule has 1 aliphatic heterocycles. The van der Waals surface area contributed by atoms with E-state index in [1.807, 2.05) is 0 Å². The van der Waals surface area contributed by atoms with Gasteiger partial charge in [-0.1, -0.05) is 12.1 Å². The zero-order valence-corrected chi connectivity index (χ0v) is 10.0. The number of rotatable bonds is 1. The zero-order chi connectivity index (χ0) is 11.0. The van der Waals surface area contributed by atoms with Gasteiger partial charge >= 0.3 is 0 Å². The van der Waals surface area contributed by atoms with E-state index < -0.39 is 0 Å². The largest absolute Gasteiger partial charge is 0.368 e. The smallest absolute Gasteiger partial charge is 0.124 e. The van der Waals surface area contributed by atoms with Crippen LogP contribution in [0.1, 0.15) is 16.7 Å². The molecule has 2 heterocycles. The number of fused-ring (bicyclic) bond motifs is 1. The van der Waals surface area contributed by atoms with Crippen molar-refractivity contribution in [2.24, 2.45) is 0 Å². The molecule has 0 saturated carbocycles. The van der Waals surface area contributed by atoms with Crippen LogP contribution in [0, 0.1) is 6.92 Å². The summed E-state index contributed by atoms with van der Waals surface area (Å²) in [5, 5.41) is 4.43. The molecule has 1 fully saturated rings. The molecule has 84 valence electrons. The lowest BCUT2D eigenvalue weighted by atomic mass is 10.2. The van der Waals surface area contributed by atoms with Crippen LogP contribution >= 0.6 is 11.3 Å². The highest BCUT2D eigenvalue weighted by Crippen LogP contribution is 2.30. The van der Waals surface area contributed by atoms with Gasteiger partial charge in [-0.3, -0.25) is 0 Å². The van der Waals surface area contributed by atoms with Gasteiger partial charge in [-0.05, 0) is 18.6 Å². The minimum absolute atomic E-state index is 0.130. The second kappa shape index (κ2) is 4.13. The molecule has 1 aromatic heterocycles. The van der Waals surface area contributed by atoms with Gasteiger partial charge in [0.05, 0.1) is 16.8 Å². The van der Waals surface area contributed by atoms with Crippen molar-refractivity contribution in [1.82, 2.24) is 10.3 Å². The van der Waals surface area contributed by atoms with Crippen LogP contribution in [0.2, 0.25) is 0 Å². The first-order valence-electron chi connectivity index (χ1n) is 5.53. The Morgan fingerprint density at radius 1 is 1.50 bits per heavy atom. The summed E-state index contributed by atoms with van der Waals surface area (Å²) in [7, 11) is 0. The molecular weight excluding hydrogens is 220 g/mol. The highest BCUT2D eigenvalue weighted by atomic mass is 32.1. The van der Waals surface area contributed by atoms with Gasteiger partial charge in [-0.15, -0.1) is 11.3 Å². The zero-order valence-electron chi connectivity index (χ0n) is 9.19. The van der Waals surface area contributed by atoms with Crippen molar-refractivity contribution in [3.63, 3.8) is 0 Å². The van der Waals surface area contributed by atoms with Gasteiger partial charge in [0.15, 0.2) is 0 Å². The first kappa shape index (κ1) is 10.2. The van der Waals surface area contributed by atoms with Crippen molar-refractivity contribution < 1.29 is 4.74 Å². The van der Waals surface area contributed by atoms with Gasteiger partial charge in [0.25, 0.3) is 0 Å². The Balaban J connectivity index is 2.01. The van der Waals surface area contributed by atoms with Crippen LogP contribution in [-0.2, 0) is 4.74 Å². The van der Waals surface area contributed by atoms with Crippen molar-refractivity contribution in [2.75, 3.05) is 19.7 Å². The van der Waals surface area contributed by atoms with Crippen LogP contribution in [0.25, 0.3) is 10.2 Å². The molecule has 0 spiro atoms. The summed E-state index contributed by atoms with van der Waals surface area (Å²) in [5.41, 5.74) is 2.36. The number of para-hydroxylation sites is 1. The number of hydrogen-bond donors (Lipinski definition) is 1. The number of hydrogen-bond acceptors (Lipinski definition) is 4. The predicted octanol–water partition coefficient (Wildman–Crippen LogP) is 2.27. The lowest BCUT2D eigenvalue weighted by molar-refractivity contribution is 0.0277. The number of nitrogens with one attached hydrogen (secondary N) is 1. The summed E-state index contributed by atoms with van der Waals surface area (Å²) in [5.74, 6) is 0. The predicted molar refractivity (Wildman–Crippen MR) is 65.9 cm³/mol. The fraction of sp³-hybridized carbons (Fsp3) is 0.417. The van der Waals surface area contributed by atoms with E-state index in [0.29, 0.717) is 0 Å². The van der Waals surface area contributed by atoms with Crippen LogP contribution in [-0.4, -0.2) is 24.7 Å². The Hall–Kier alpha value is -0.970. The second-order valence-corrected chi connectivity index (χ2v) is 5.10. The van der Waals surface area contributed by atoms with Crippen LogP contribution < -0.4 is 5.32 Å². The van der Waals surface area contributed by atoms with Gasteiger partial charge in [-0.2, -0.15) is 0 Å². The van der Waals surface area contributed by atoms with E-state index in [2.05, 4.69) is 35.4 Å². The molecule has 4 heteroatoms. The summed E-state index contributed by atoms with van der Waals surface area (Å²) >= 11 is 1.74. The maximum atomic E-state index is 5.72. The molecule has 3 rings (SSSR count). The molecule has 16 heavy (non-hydrogen) atoms. The van der Waals surface area contributed by atoms with E-state index in [1.165, 1.54) is 10.3 Å². The Kier molecular flexibility index (Phi) is 2.63. The Morgan fingerprint density at radius 3 is 3.19 bits per heavy atom. The number of morpholine rings is 1. The first-order valence-corrected chi connectivity index (χ1v) is 6.34. The molecule has 3 nitrogen and oxygen atoms in total.